The van der Waals surface area contributed by atoms with Gasteiger partial charge in [-0.05, 0) is 23.6 Å². The molecule has 0 spiro atoms. The van der Waals surface area contributed by atoms with E-state index in [2.05, 4.69) is 10.5 Å². The maximum Gasteiger partial charge on any atom is 0.261 e. The Labute approximate surface area is 126 Å². The van der Waals surface area contributed by atoms with Crippen molar-refractivity contribution in [2.24, 2.45) is 5.16 Å². The predicted molar refractivity (Wildman–Crippen MR) is 81.7 cm³/mol. The second-order valence-corrected chi connectivity index (χ2v) is 5.27. The van der Waals surface area contributed by atoms with Gasteiger partial charge < -0.3 is 10.2 Å². The number of nitrogens with one attached hydrogen (secondary N) is 1. The van der Waals surface area contributed by atoms with E-state index in [-0.39, 0.29) is 12.5 Å². The maximum absolute atomic E-state index is 11.9. The third-order valence-corrected chi connectivity index (χ3v) is 3.66. The molecule has 1 aromatic carbocycles. The van der Waals surface area contributed by atoms with Crippen LogP contribution in [0.4, 0.5) is 0 Å². The van der Waals surface area contributed by atoms with Crippen molar-refractivity contribution in [1.82, 2.24) is 5.32 Å². The Morgan fingerprint density at radius 3 is 2.70 bits per heavy atom. The Bertz CT molecular complexity index is 594. The van der Waals surface area contributed by atoms with E-state index in [0.29, 0.717) is 15.6 Å². The molecule has 0 saturated heterocycles. The molecule has 0 unspecified atom stereocenters. The van der Waals surface area contributed by atoms with E-state index in [1.807, 2.05) is 23.6 Å². The van der Waals surface area contributed by atoms with Crippen LogP contribution in [-0.2, 0) is 4.84 Å². The molecule has 6 heteroatoms. The standard InChI is InChI=1S/C14H13ClN2O2S/c1-19-17-12(10-4-6-11(15)7-5-10)9-16-14(18)13-3-2-8-20-13/h2-8H,9H2,1H3,(H,16,18)/b17-12+. The van der Waals surface area contributed by atoms with Crippen LogP contribution in [0.2, 0.25) is 5.02 Å². The molecule has 0 bridgehead atoms. The molecule has 1 aromatic heterocycles. The lowest BCUT2D eigenvalue weighted by atomic mass is 10.1. The van der Waals surface area contributed by atoms with E-state index < -0.39 is 0 Å². The molecule has 2 aromatic rings. The molecule has 1 N–H and O–H groups in total. The summed E-state index contributed by atoms with van der Waals surface area (Å²) in [6, 6.07) is 10.8. The lowest BCUT2D eigenvalue weighted by Gasteiger charge is -2.07. The highest BCUT2D eigenvalue weighted by Gasteiger charge is 2.10. The summed E-state index contributed by atoms with van der Waals surface area (Å²) in [7, 11) is 1.47. The van der Waals surface area contributed by atoms with Crippen molar-refractivity contribution < 1.29 is 9.63 Å². The SMILES string of the molecule is CO/N=C(\CNC(=O)c1cccs1)c1ccc(Cl)cc1. The second-order valence-electron chi connectivity index (χ2n) is 3.89. The van der Waals surface area contributed by atoms with Crippen LogP contribution in [0.25, 0.3) is 0 Å². The monoisotopic (exact) mass is 308 g/mol. The van der Waals surface area contributed by atoms with Crippen LogP contribution >= 0.6 is 22.9 Å². The summed E-state index contributed by atoms with van der Waals surface area (Å²) < 4.78 is 0. The van der Waals surface area contributed by atoms with Crippen LogP contribution in [0.3, 0.4) is 0 Å². The van der Waals surface area contributed by atoms with Crippen LogP contribution in [0, 0.1) is 0 Å². The summed E-state index contributed by atoms with van der Waals surface area (Å²) in [5.41, 5.74) is 1.48. The molecule has 0 atom stereocenters. The molecule has 4 nitrogen and oxygen atoms in total. The fourth-order valence-electron chi connectivity index (χ4n) is 1.60. The number of hydrogen-bond acceptors (Lipinski definition) is 4. The number of oxime groups is 1. The van der Waals surface area contributed by atoms with E-state index in [1.54, 1.807) is 18.2 Å². The average Bonchev–Trinajstić information content (AvgIpc) is 2.98. The van der Waals surface area contributed by atoms with Crippen LogP contribution in [0.5, 0.6) is 0 Å². The number of rotatable bonds is 5. The van der Waals surface area contributed by atoms with Gasteiger partial charge in [-0.1, -0.05) is 35.0 Å². The first-order valence-corrected chi connectivity index (χ1v) is 7.14. The minimum atomic E-state index is -0.127. The molecule has 20 heavy (non-hydrogen) atoms. The highest BCUT2D eigenvalue weighted by Crippen LogP contribution is 2.11. The van der Waals surface area contributed by atoms with E-state index >= 15 is 0 Å². The lowest BCUT2D eigenvalue weighted by molar-refractivity contribution is 0.0963. The fraction of sp³-hybridized carbons (Fsp3) is 0.143. The van der Waals surface area contributed by atoms with E-state index in [9.17, 15) is 4.79 Å². The summed E-state index contributed by atoms with van der Waals surface area (Å²) in [4.78, 5) is 17.4. The zero-order valence-electron chi connectivity index (χ0n) is 10.8. The number of nitrogens with zero attached hydrogens (tertiary/aromatic N) is 1. The first-order chi connectivity index (χ1) is 9.70. The van der Waals surface area contributed by atoms with Crippen molar-refractivity contribution in [2.45, 2.75) is 0 Å². The van der Waals surface area contributed by atoms with E-state index in [1.165, 1.54) is 18.4 Å². The first kappa shape index (κ1) is 14.6. The number of carbonyl (C=O) groups excluding carboxylic acids is 1. The molecule has 2 rings (SSSR count). The Balaban J connectivity index is 2.05. The van der Waals surface area contributed by atoms with Crippen molar-refractivity contribution in [3.63, 3.8) is 0 Å². The quantitative estimate of drug-likeness (QED) is 0.681. The Morgan fingerprint density at radius 1 is 1.35 bits per heavy atom. The van der Waals surface area contributed by atoms with Crippen LogP contribution in [0.15, 0.2) is 46.9 Å². The Kier molecular flexibility index (Phi) is 5.15. The number of amides is 1. The topological polar surface area (TPSA) is 50.7 Å². The molecule has 0 aliphatic heterocycles. The fourth-order valence-corrected chi connectivity index (χ4v) is 2.36. The molecule has 0 aliphatic carbocycles. The summed E-state index contributed by atoms with van der Waals surface area (Å²) in [5, 5.41) is 9.26. The third-order valence-electron chi connectivity index (χ3n) is 2.54. The van der Waals surface area contributed by atoms with Crippen LogP contribution < -0.4 is 5.32 Å². The highest BCUT2D eigenvalue weighted by atomic mass is 35.5. The molecule has 0 fully saturated rings. The first-order valence-electron chi connectivity index (χ1n) is 5.88. The van der Waals surface area contributed by atoms with Gasteiger partial charge in [-0.3, -0.25) is 4.79 Å². The van der Waals surface area contributed by atoms with Gasteiger partial charge in [0.05, 0.1) is 11.4 Å². The molecule has 0 radical (unpaired) electrons. The van der Waals surface area contributed by atoms with E-state index in [4.69, 9.17) is 16.4 Å². The number of hydrogen-bond donors (Lipinski definition) is 1. The molecular weight excluding hydrogens is 296 g/mol. The summed E-state index contributed by atoms with van der Waals surface area (Å²) in [6.45, 7) is 0.284. The Morgan fingerprint density at radius 2 is 2.10 bits per heavy atom. The second kappa shape index (κ2) is 7.07. The lowest BCUT2D eigenvalue weighted by Crippen LogP contribution is -2.29. The van der Waals surface area contributed by atoms with Gasteiger partial charge in [0.2, 0.25) is 0 Å². The third kappa shape index (κ3) is 3.82. The van der Waals surface area contributed by atoms with Gasteiger partial charge in [-0.15, -0.1) is 11.3 Å². The van der Waals surface area contributed by atoms with Crippen LogP contribution in [-0.4, -0.2) is 25.3 Å². The van der Waals surface area contributed by atoms with Crippen molar-refractivity contribution >= 4 is 34.6 Å². The van der Waals surface area contributed by atoms with E-state index in [0.717, 1.165) is 5.56 Å². The molecule has 1 amide bonds. The van der Waals surface area contributed by atoms with Crippen molar-refractivity contribution in [3.8, 4) is 0 Å². The van der Waals surface area contributed by atoms with Crippen molar-refractivity contribution in [2.75, 3.05) is 13.7 Å². The van der Waals surface area contributed by atoms with Crippen LogP contribution in [0.1, 0.15) is 15.2 Å². The average molecular weight is 309 g/mol. The molecular formula is C14H13ClN2O2S. The van der Waals surface area contributed by atoms with Gasteiger partial charge in [-0.25, -0.2) is 0 Å². The normalized spacial score (nSPS) is 11.2. The molecule has 0 aliphatic rings. The zero-order chi connectivity index (χ0) is 14.4. The number of thiophene rings is 1. The summed E-state index contributed by atoms with van der Waals surface area (Å²) >= 11 is 7.24. The van der Waals surface area contributed by atoms with Crippen molar-refractivity contribution in [1.29, 1.82) is 0 Å². The Hall–Kier alpha value is -1.85. The smallest absolute Gasteiger partial charge is 0.261 e. The highest BCUT2D eigenvalue weighted by molar-refractivity contribution is 7.12. The number of carbonyl (C=O) groups is 1. The van der Waals surface area contributed by atoms with Gasteiger partial charge in [0.25, 0.3) is 5.91 Å². The summed E-state index contributed by atoms with van der Waals surface area (Å²) in [6.07, 6.45) is 0. The largest absolute Gasteiger partial charge is 0.399 e. The van der Waals surface area contributed by atoms with Gasteiger partial charge in [0.15, 0.2) is 0 Å². The molecule has 104 valence electrons. The van der Waals surface area contributed by atoms with Crippen molar-refractivity contribution in [3.05, 3.63) is 57.2 Å². The predicted octanol–water partition coefficient (Wildman–Crippen LogP) is 3.18. The van der Waals surface area contributed by atoms with Gasteiger partial charge >= 0.3 is 0 Å². The van der Waals surface area contributed by atoms with Gasteiger partial charge in [-0.2, -0.15) is 0 Å². The zero-order valence-corrected chi connectivity index (χ0v) is 12.4. The molecule has 1 heterocycles. The van der Waals surface area contributed by atoms with Gasteiger partial charge in [0, 0.05) is 10.6 Å². The molecule has 0 saturated carbocycles. The van der Waals surface area contributed by atoms with Gasteiger partial charge in [0.1, 0.15) is 12.8 Å². The maximum atomic E-state index is 11.9. The number of benzene rings is 1. The minimum absolute atomic E-state index is 0.127. The summed E-state index contributed by atoms with van der Waals surface area (Å²) in [5.74, 6) is -0.127. The minimum Gasteiger partial charge on any atom is -0.399 e. The number of halogens is 1.